The summed E-state index contributed by atoms with van der Waals surface area (Å²) in [6, 6.07) is -0.320. The van der Waals surface area contributed by atoms with E-state index in [0.717, 1.165) is 13.1 Å². The monoisotopic (exact) mass is 168 g/mol. The SMILES string of the molecule is C[C@@H](N)C(=O)N1CCC2(CC2)C1. The van der Waals surface area contributed by atoms with Crippen LogP contribution in [0, 0.1) is 5.41 Å². The lowest BCUT2D eigenvalue weighted by atomic mass is 10.1. The van der Waals surface area contributed by atoms with Crippen LogP contribution < -0.4 is 5.73 Å². The molecule has 0 unspecified atom stereocenters. The van der Waals surface area contributed by atoms with E-state index in [1.165, 1.54) is 19.3 Å². The zero-order chi connectivity index (χ0) is 8.77. The van der Waals surface area contributed by atoms with Gasteiger partial charge in [-0.1, -0.05) is 0 Å². The van der Waals surface area contributed by atoms with Gasteiger partial charge in [0.2, 0.25) is 5.91 Å². The Bertz CT molecular complexity index is 209. The number of rotatable bonds is 1. The van der Waals surface area contributed by atoms with Crippen LogP contribution in [-0.4, -0.2) is 29.9 Å². The summed E-state index contributed by atoms with van der Waals surface area (Å²) in [5.41, 5.74) is 6.07. The number of hydrogen-bond donors (Lipinski definition) is 1. The molecule has 1 amide bonds. The van der Waals surface area contributed by atoms with Crippen molar-refractivity contribution in [3.63, 3.8) is 0 Å². The minimum absolute atomic E-state index is 0.124. The number of carbonyl (C=O) groups excluding carboxylic acids is 1. The van der Waals surface area contributed by atoms with Crippen molar-refractivity contribution in [1.82, 2.24) is 4.90 Å². The lowest BCUT2D eigenvalue weighted by Gasteiger charge is -2.18. The van der Waals surface area contributed by atoms with E-state index in [-0.39, 0.29) is 11.9 Å². The van der Waals surface area contributed by atoms with E-state index in [9.17, 15) is 4.79 Å². The molecule has 1 aliphatic carbocycles. The molecular weight excluding hydrogens is 152 g/mol. The summed E-state index contributed by atoms with van der Waals surface area (Å²) >= 11 is 0. The highest BCUT2D eigenvalue weighted by atomic mass is 16.2. The molecule has 0 bridgehead atoms. The van der Waals surface area contributed by atoms with E-state index >= 15 is 0 Å². The van der Waals surface area contributed by atoms with Crippen LogP contribution in [0.3, 0.4) is 0 Å². The van der Waals surface area contributed by atoms with Crippen molar-refractivity contribution in [3.8, 4) is 0 Å². The largest absolute Gasteiger partial charge is 0.341 e. The summed E-state index contributed by atoms with van der Waals surface area (Å²) in [6.07, 6.45) is 3.83. The summed E-state index contributed by atoms with van der Waals surface area (Å²) in [4.78, 5) is 13.4. The number of amides is 1. The molecule has 1 atom stereocenters. The third-order valence-electron chi connectivity index (χ3n) is 3.10. The number of likely N-dealkylation sites (tertiary alicyclic amines) is 1. The van der Waals surface area contributed by atoms with E-state index in [1.807, 2.05) is 4.90 Å². The van der Waals surface area contributed by atoms with Crippen molar-refractivity contribution >= 4 is 5.91 Å². The molecule has 68 valence electrons. The highest BCUT2D eigenvalue weighted by molar-refractivity contribution is 5.81. The summed E-state index contributed by atoms with van der Waals surface area (Å²) < 4.78 is 0. The maximum Gasteiger partial charge on any atom is 0.239 e. The first kappa shape index (κ1) is 8.05. The zero-order valence-electron chi connectivity index (χ0n) is 7.55. The van der Waals surface area contributed by atoms with Gasteiger partial charge in [0.15, 0.2) is 0 Å². The fourth-order valence-corrected chi connectivity index (χ4v) is 2.00. The minimum atomic E-state index is -0.320. The highest BCUT2D eigenvalue weighted by Crippen LogP contribution is 2.52. The van der Waals surface area contributed by atoms with Gasteiger partial charge in [-0.05, 0) is 31.6 Å². The normalized spacial score (nSPS) is 27.7. The lowest BCUT2D eigenvalue weighted by Crippen LogP contribution is -2.40. The minimum Gasteiger partial charge on any atom is -0.341 e. The van der Waals surface area contributed by atoms with E-state index in [4.69, 9.17) is 5.73 Å². The first-order valence-corrected chi connectivity index (χ1v) is 4.67. The summed E-state index contributed by atoms with van der Waals surface area (Å²) in [7, 11) is 0. The Morgan fingerprint density at radius 1 is 1.50 bits per heavy atom. The first-order valence-electron chi connectivity index (χ1n) is 4.67. The number of carbonyl (C=O) groups is 1. The molecule has 2 N–H and O–H groups in total. The van der Waals surface area contributed by atoms with Crippen molar-refractivity contribution in [2.24, 2.45) is 11.1 Å². The van der Waals surface area contributed by atoms with E-state index in [1.54, 1.807) is 6.92 Å². The molecule has 2 rings (SSSR count). The van der Waals surface area contributed by atoms with Crippen LogP contribution in [0.15, 0.2) is 0 Å². The van der Waals surface area contributed by atoms with Gasteiger partial charge in [-0.2, -0.15) is 0 Å². The quantitative estimate of drug-likeness (QED) is 0.614. The lowest BCUT2D eigenvalue weighted by molar-refractivity contribution is -0.131. The van der Waals surface area contributed by atoms with Gasteiger partial charge >= 0.3 is 0 Å². The second-order valence-corrected chi connectivity index (χ2v) is 4.30. The first-order chi connectivity index (χ1) is 5.63. The molecule has 0 aromatic carbocycles. The van der Waals surface area contributed by atoms with Gasteiger partial charge in [0.05, 0.1) is 6.04 Å². The molecule has 2 aliphatic rings. The average Bonchev–Trinajstić information content (AvgIpc) is 2.61. The topological polar surface area (TPSA) is 46.3 Å². The van der Waals surface area contributed by atoms with E-state index in [0.29, 0.717) is 5.41 Å². The van der Waals surface area contributed by atoms with E-state index in [2.05, 4.69) is 0 Å². The third-order valence-corrected chi connectivity index (χ3v) is 3.10. The summed E-state index contributed by atoms with van der Waals surface area (Å²) in [5.74, 6) is 0.124. The van der Waals surface area contributed by atoms with Gasteiger partial charge in [-0.15, -0.1) is 0 Å². The van der Waals surface area contributed by atoms with Gasteiger partial charge < -0.3 is 10.6 Å². The number of nitrogens with zero attached hydrogens (tertiary/aromatic N) is 1. The van der Waals surface area contributed by atoms with Gasteiger partial charge in [0, 0.05) is 13.1 Å². The van der Waals surface area contributed by atoms with Crippen molar-refractivity contribution in [3.05, 3.63) is 0 Å². The molecule has 0 aromatic heterocycles. The molecule has 3 heteroatoms. The van der Waals surface area contributed by atoms with Crippen molar-refractivity contribution in [2.45, 2.75) is 32.2 Å². The molecule has 1 spiro atoms. The zero-order valence-corrected chi connectivity index (χ0v) is 7.55. The van der Waals surface area contributed by atoms with Crippen LogP contribution in [-0.2, 0) is 4.79 Å². The van der Waals surface area contributed by atoms with Crippen LogP contribution in [0.1, 0.15) is 26.2 Å². The molecule has 12 heavy (non-hydrogen) atoms. The van der Waals surface area contributed by atoms with Crippen LogP contribution in [0.25, 0.3) is 0 Å². The molecular formula is C9H16N2O. The van der Waals surface area contributed by atoms with Crippen molar-refractivity contribution in [2.75, 3.05) is 13.1 Å². The second kappa shape index (κ2) is 2.46. The highest BCUT2D eigenvalue weighted by Gasteiger charge is 2.48. The smallest absolute Gasteiger partial charge is 0.239 e. The Morgan fingerprint density at radius 2 is 2.17 bits per heavy atom. The van der Waals surface area contributed by atoms with Crippen molar-refractivity contribution in [1.29, 1.82) is 0 Å². The Labute approximate surface area is 72.9 Å². The fraction of sp³-hybridized carbons (Fsp3) is 0.889. The average molecular weight is 168 g/mol. The molecule has 0 radical (unpaired) electrons. The maximum atomic E-state index is 11.5. The Kier molecular flexibility index (Phi) is 1.65. The van der Waals surface area contributed by atoms with Gasteiger partial charge in [-0.3, -0.25) is 4.79 Å². The standard InChI is InChI=1S/C9H16N2O/c1-7(10)8(12)11-5-4-9(6-11)2-3-9/h7H,2-6,10H2,1H3/t7-/m1/s1. The Balaban J connectivity index is 1.94. The maximum absolute atomic E-state index is 11.5. The third kappa shape index (κ3) is 1.22. The predicted molar refractivity (Wildman–Crippen MR) is 46.5 cm³/mol. The summed E-state index contributed by atoms with van der Waals surface area (Å²) in [6.45, 7) is 3.66. The molecule has 1 heterocycles. The summed E-state index contributed by atoms with van der Waals surface area (Å²) in [5, 5.41) is 0. The molecule has 1 aliphatic heterocycles. The molecule has 1 saturated heterocycles. The number of hydrogen-bond acceptors (Lipinski definition) is 2. The molecule has 2 fully saturated rings. The second-order valence-electron chi connectivity index (χ2n) is 4.30. The fourth-order valence-electron chi connectivity index (χ4n) is 2.00. The van der Waals surface area contributed by atoms with Gasteiger partial charge in [-0.25, -0.2) is 0 Å². The van der Waals surface area contributed by atoms with Crippen LogP contribution in [0.5, 0.6) is 0 Å². The molecule has 3 nitrogen and oxygen atoms in total. The molecule has 0 aromatic rings. The van der Waals surface area contributed by atoms with Crippen LogP contribution in [0.4, 0.5) is 0 Å². The Hall–Kier alpha value is -0.570. The van der Waals surface area contributed by atoms with Gasteiger partial charge in [0.1, 0.15) is 0 Å². The number of nitrogens with two attached hydrogens (primary N) is 1. The predicted octanol–water partition coefficient (Wildman–Crippen LogP) is 0.346. The van der Waals surface area contributed by atoms with Gasteiger partial charge in [0.25, 0.3) is 0 Å². The molecule has 1 saturated carbocycles. The van der Waals surface area contributed by atoms with Crippen molar-refractivity contribution < 1.29 is 4.79 Å². The van der Waals surface area contributed by atoms with Crippen LogP contribution >= 0.6 is 0 Å². The Morgan fingerprint density at radius 3 is 2.58 bits per heavy atom. The van der Waals surface area contributed by atoms with E-state index < -0.39 is 0 Å². The van der Waals surface area contributed by atoms with Crippen LogP contribution in [0.2, 0.25) is 0 Å².